The van der Waals surface area contributed by atoms with Crippen LogP contribution in [0.5, 0.6) is 5.75 Å². The van der Waals surface area contributed by atoms with Gasteiger partial charge in [-0.1, -0.05) is 24.8 Å². The molecule has 0 atom stereocenters. The van der Waals surface area contributed by atoms with E-state index < -0.39 is 76.5 Å². The van der Waals surface area contributed by atoms with Crippen LogP contribution in [-0.4, -0.2) is 75.2 Å². The van der Waals surface area contributed by atoms with Gasteiger partial charge in [0.25, 0.3) is 0 Å². The number of hydrogen-bond donors (Lipinski definition) is 4. The molecule has 0 aliphatic heterocycles. The third kappa shape index (κ3) is 11.9. The van der Waals surface area contributed by atoms with Crippen LogP contribution in [0.2, 0.25) is 0 Å². The van der Waals surface area contributed by atoms with Crippen molar-refractivity contribution in [1.82, 2.24) is 19.5 Å². The molecule has 0 saturated carbocycles. The molecule has 1 amide bonds. The van der Waals surface area contributed by atoms with Crippen LogP contribution >= 0.6 is 0 Å². The Morgan fingerprint density at radius 3 is 1.40 bits per heavy atom. The number of carboxylic acids is 2. The summed E-state index contributed by atoms with van der Waals surface area (Å²) in [6, 6.07) is 7.34. The molecular weight excluding hydrogens is 803 g/mol. The third-order valence-electron chi connectivity index (χ3n) is 7.89. The number of benzene rings is 4. The number of aliphatic carboxylic acids is 2. The van der Waals surface area contributed by atoms with Crippen LogP contribution in [0.15, 0.2) is 63.2 Å². The van der Waals surface area contributed by atoms with Gasteiger partial charge in [0.1, 0.15) is 5.75 Å². The molecule has 0 aromatic heterocycles. The molecule has 4 aromatic rings. The minimum Gasteiger partial charge on any atom is -0.550 e. The Labute approximate surface area is 362 Å². The Morgan fingerprint density at radius 2 is 1.00 bits per heavy atom. The number of nitrogens with one attached hydrogen (secondary N) is 4. The smallest absolute Gasteiger partial charge is 0.550 e. The number of amides is 1. The van der Waals surface area contributed by atoms with Gasteiger partial charge >= 0.3 is 65.1 Å². The first-order valence-electron chi connectivity index (χ1n) is 16.1. The minimum atomic E-state index is -4.59. The maximum absolute atomic E-state index is 13.8. The van der Waals surface area contributed by atoms with Gasteiger partial charge in [-0.2, -0.15) is 0 Å². The fourth-order valence-electron chi connectivity index (χ4n) is 5.53. The number of carbonyl (C=O) groups is 4. The van der Waals surface area contributed by atoms with Gasteiger partial charge < -0.3 is 29.9 Å². The molecule has 0 spiro atoms. The molecule has 17 nitrogen and oxygen atoms in total. The summed E-state index contributed by atoms with van der Waals surface area (Å²) in [6.45, 7) is 5.38. The summed E-state index contributed by atoms with van der Waals surface area (Å²) < 4.78 is 95.0. The van der Waals surface area contributed by atoms with Gasteiger partial charge in [0.05, 0.1) is 14.7 Å². The predicted octanol–water partition coefficient (Wildman–Crippen LogP) is -6.51. The van der Waals surface area contributed by atoms with E-state index in [2.05, 4.69) is 26.1 Å². The summed E-state index contributed by atoms with van der Waals surface area (Å²) in [5.41, 5.74) is 0.266. The quantitative estimate of drug-likeness (QED) is 0.0161. The first kappa shape index (κ1) is 48.4. The van der Waals surface area contributed by atoms with Crippen molar-refractivity contribution in [2.75, 3.05) is 26.2 Å². The van der Waals surface area contributed by atoms with Crippen molar-refractivity contribution >= 4 is 86.2 Å². The summed E-state index contributed by atoms with van der Waals surface area (Å²) in [4.78, 5) is 44.3. The van der Waals surface area contributed by atoms with E-state index in [1.807, 2.05) is 0 Å². The molecule has 4 rings (SSSR count). The summed E-state index contributed by atoms with van der Waals surface area (Å²) in [7, 11) is -13.6. The molecule has 4 aromatic carbocycles. The van der Waals surface area contributed by atoms with E-state index in [0.717, 1.165) is 19.1 Å². The van der Waals surface area contributed by atoms with Gasteiger partial charge in [0.2, 0.25) is 36.0 Å². The molecule has 0 unspecified atom stereocenters. The van der Waals surface area contributed by atoms with Crippen molar-refractivity contribution < 1.29 is 118 Å². The fourth-order valence-corrected chi connectivity index (χ4v) is 9.50. The summed E-state index contributed by atoms with van der Waals surface area (Å²) in [5, 5.41) is 24.4. The Morgan fingerprint density at radius 1 is 0.618 bits per heavy atom. The standard InChI is InChI=1S/C33H38N4O13S3.2Na/c1-19(2)33(43)34-13-6-16-37-51(44,45)26-17-25(50-20(3)38)21-9-10-23-27(52(46,47)35-14-4-7-29(39)40)18-28(24-12-11-22(26)31(21)32(23)24)53(48,49)36-15-5-8-30(41)42;;/h9-12,17-18,35-37H,1,4-8,13-16H2,2-3H3,(H,34,43)(H,39,40)(H,41,42);;/q;2*+1/p-2. The number of rotatable bonds is 20. The van der Waals surface area contributed by atoms with E-state index in [1.54, 1.807) is 0 Å². The van der Waals surface area contributed by atoms with Crippen LogP contribution in [0, 0.1) is 0 Å². The van der Waals surface area contributed by atoms with E-state index in [0.29, 0.717) is 0 Å². The molecule has 0 heterocycles. The number of hydrogen-bond acceptors (Lipinski definition) is 13. The van der Waals surface area contributed by atoms with Crippen LogP contribution in [0.4, 0.5) is 0 Å². The van der Waals surface area contributed by atoms with E-state index >= 15 is 0 Å². The van der Waals surface area contributed by atoms with Crippen LogP contribution in [0.25, 0.3) is 32.3 Å². The summed E-state index contributed by atoms with van der Waals surface area (Å²) in [6.07, 6.45) is -1.07. The Hall–Kier alpha value is -2.73. The van der Waals surface area contributed by atoms with Gasteiger partial charge in [-0.3, -0.25) is 9.59 Å². The van der Waals surface area contributed by atoms with E-state index in [1.165, 1.54) is 31.2 Å². The van der Waals surface area contributed by atoms with Crippen LogP contribution in [0.3, 0.4) is 0 Å². The molecule has 0 radical (unpaired) electrons. The molecule has 22 heteroatoms. The maximum Gasteiger partial charge on any atom is 1.00 e. The van der Waals surface area contributed by atoms with Crippen molar-refractivity contribution in [1.29, 1.82) is 0 Å². The first-order chi connectivity index (χ1) is 24.8. The average molecular weight is 839 g/mol. The second kappa shape index (κ2) is 20.1. The minimum absolute atomic E-state index is 0. The molecule has 0 aliphatic carbocycles. The fraction of sp³-hybridized carbons (Fsp3) is 0.333. The van der Waals surface area contributed by atoms with Crippen LogP contribution in [-0.2, 0) is 49.2 Å². The van der Waals surface area contributed by atoms with E-state index in [-0.39, 0.29) is 153 Å². The second-order valence-corrected chi connectivity index (χ2v) is 17.2. The largest absolute Gasteiger partial charge is 1.00 e. The zero-order valence-corrected chi connectivity index (χ0v) is 37.0. The Kier molecular flexibility index (Phi) is 17.7. The third-order valence-corrected chi connectivity index (χ3v) is 12.4. The number of carboxylic acid groups (broad SMARTS) is 2. The monoisotopic (exact) mass is 838 g/mol. The Balaban J connectivity index is 0.00000523. The normalized spacial score (nSPS) is 11.9. The van der Waals surface area contributed by atoms with Crippen molar-refractivity contribution in [3.63, 3.8) is 0 Å². The van der Waals surface area contributed by atoms with Gasteiger partial charge in [-0.25, -0.2) is 39.4 Å². The van der Waals surface area contributed by atoms with Crippen molar-refractivity contribution in [2.45, 2.75) is 60.6 Å². The van der Waals surface area contributed by atoms with E-state index in [9.17, 15) is 54.6 Å². The zero-order chi connectivity index (χ0) is 39.3. The first-order valence-corrected chi connectivity index (χ1v) is 20.5. The summed E-state index contributed by atoms with van der Waals surface area (Å²) in [5.74, 6) is -4.29. The number of ether oxygens (including phenoxy) is 1. The van der Waals surface area contributed by atoms with Gasteiger partial charge in [-0.15, -0.1) is 0 Å². The molecule has 0 bridgehead atoms. The molecule has 0 aliphatic rings. The summed E-state index contributed by atoms with van der Waals surface area (Å²) >= 11 is 0. The molecule has 55 heavy (non-hydrogen) atoms. The maximum atomic E-state index is 13.8. The van der Waals surface area contributed by atoms with Crippen molar-refractivity contribution in [3.05, 3.63) is 48.6 Å². The molecule has 4 N–H and O–H groups in total. The SMILES string of the molecule is C=C(C)C(=O)NCCCNS(=O)(=O)c1cc(OC(C)=O)c2ccc3c(S(=O)(=O)NCCCC(=O)[O-])cc(S(=O)(=O)NCCCC(=O)[O-])c4ccc1c2c34.[Na+].[Na+]. The molecule has 286 valence electrons. The molecular formula is C33H36N4Na2O13S3. The van der Waals surface area contributed by atoms with Crippen LogP contribution < -0.4 is 93.5 Å². The number of sulfonamides is 3. The van der Waals surface area contributed by atoms with Gasteiger partial charge in [0.15, 0.2) is 0 Å². The average Bonchev–Trinajstić information content (AvgIpc) is 3.06. The number of carbonyl (C=O) groups excluding carboxylic acids is 4. The van der Waals surface area contributed by atoms with Crippen molar-refractivity contribution in [2.24, 2.45) is 0 Å². The zero-order valence-electron chi connectivity index (χ0n) is 30.6. The van der Waals surface area contributed by atoms with Gasteiger partial charge in [0, 0.05) is 89.0 Å². The molecule has 0 saturated heterocycles. The van der Waals surface area contributed by atoms with Crippen LogP contribution in [0.1, 0.15) is 46.0 Å². The molecule has 0 fully saturated rings. The van der Waals surface area contributed by atoms with Gasteiger partial charge in [-0.05, 0) is 51.2 Å². The second-order valence-electron chi connectivity index (χ2n) is 11.9. The Bertz CT molecular complexity index is 2390. The number of esters is 1. The van der Waals surface area contributed by atoms with E-state index in [4.69, 9.17) is 4.74 Å². The topological polar surface area (TPSA) is 274 Å². The predicted molar refractivity (Wildman–Crippen MR) is 188 cm³/mol. The van der Waals surface area contributed by atoms with Crippen molar-refractivity contribution in [3.8, 4) is 5.75 Å².